The van der Waals surface area contributed by atoms with E-state index in [-0.39, 0.29) is 27.6 Å². The van der Waals surface area contributed by atoms with Crippen molar-refractivity contribution in [1.29, 1.82) is 0 Å². The number of carbonyl (C=O) groups excluding carboxylic acids is 1. The molecule has 0 aromatic carbocycles. The maximum atomic E-state index is 12.9. The zero-order valence-electron chi connectivity index (χ0n) is 22.1. The largest absolute Gasteiger partial charge is 0.481 e. The van der Waals surface area contributed by atoms with E-state index >= 15 is 0 Å². The van der Waals surface area contributed by atoms with Crippen molar-refractivity contribution in [3.05, 3.63) is 11.6 Å². The zero-order valence-corrected chi connectivity index (χ0v) is 22.1. The maximum absolute atomic E-state index is 12.9. The Labute approximate surface area is 201 Å². The number of Topliss-reactive ketones (excluding diaryl/α,β-unsaturated/α-hetero) is 1. The van der Waals surface area contributed by atoms with Gasteiger partial charge >= 0.3 is 5.97 Å². The van der Waals surface area contributed by atoms with Crippen molar-refractivity contribution in [2.75, 3.05) is 0 Å². The number of ketones is 1. The minimum absolute atomic E-state index is 0.0600. The Morgan fingerprint density at radius 2 is 1.64 bits per heavy atom. The van der Waals surface area contributed by atoms with Crippen molar-refractivity contribution in [3.63, 3.8) is 0 Å². The summed E-state index contributed by atoms with van der Waals surface area (Å²) in [7, 11) is 0. The van der Waals surface area contributed by atoms with E-state index in [0.717, 1.165) is 51.4 Å². The van der Waals surface area contributed by atoms with Gasteiger partial charge in [-0.05, 0) is 97.2 Å². The van der Waals surface area contributed by atoms with E-state index in [1.807, 2.05) is 0 Å². The average Bonchev–Trinajstić information content (AvgIpc) is 2.74. The first kappa shape index (κ1) is 23.6. The maximum Gasteiger partial charge on any atom is 0.310 e. The van der Waals surface area contributed by atoms with Gasteiger partial charge in [0.15, 0.2) is 0 Å². The fraction of sp³-hybridized carbons (Fsp3) is 0.867. The van der Waals surface area contributed by atoms with Crippen LogP contribution < -0.4 is 0 Å². The molecule has 3 nitrogen and oxygen atoms in total. The molecule has 5 rings (SSSR count). The van der Waals surface area contributed by atoms with E-state index in [1.165, 1.54) is 12.0 Å². The van der Waals surface area contributed by atoms with Gasteiger partial charge in [-0.3, -0.25) is 9.59 Å². The summed E-state index contributed by atoms with van der Waals surface area (Å²) in [6.07, 6.45) is 11.3. The minimum atomic E-state index is -0.569. The quantitative estimate of drug-likeness (QED) is 0.423. The first-order chi connectivity index (χ1) is 15.3. The summed E-state index contributed by atoms with van der Waals surface area (Å²) in [5.41, 5.74) is 1.12. The lowest BCUT2D eigenvalue weighted by Gasteiger charge is -2.70. The third-order valence-corrected chi connectivity index (χ3v) is 13.2. The number of aliphatic carboxylic acids is 1. The summed E-state index contributed by atoms with van der Waals surface area (Å²) in [6, 6.07) is 0. The van der Waals surface area contributed by atoms with Crippen LogP contribution in [0.25, 0.3) is 0 Å². The van der Waals surface area contributed by atoms with Gasteiger partial charge in [0.05, 0.1) is 5.41 Å². The van der Waals surface area contributed by atoms with Crippen molar-refractivity contribution in [2.24, 2.45) is 56.7 Å². The highest BCUT2D eigenvalue weighted by Crippen LogP contribution is 2.75. The molecule has 9 atom stereocenters. The molecular weight excluding hydrogens is 408 g/mol. The van der Waals surface area contributed by atoms with Crippen LogP contribution in [0.1, 0.15) is 106 Å². The standard InChI is InChI=1S/C30H46O3/c1-18-10-15-30(25(32)33)17-16-28(6)20(24(30)19(18)2)8-9-22-27(5)13-12-23(31)26(3,4)21(27)11-14-29(22,28)7/h8,18-19,21-22,24H,9-17H2,1-7H3,(H,32,33)/t18-,19+,21-,22-,24+,27+,28-,29-,30+/m1/s1. The van der Waals surface area contributed by atoms with Gasteiger partial charge in [-0.15, -0.1) is 0 Å². The van der Waals surface area contributed by atoms with Crippen molar-refractivity contribution >= 4 is 11.8 Å². The lowest BCUT2D eigenvalue weighted by atomic mass is 9.33. The molecule has 0 saturated heterocycles. The Hall–Kier alpha value is -1.12. The highest BCUT2D eigenvalue weighted by molar-refractivity contribution is 5.85. The number of rotatable bonds is 1. The van der Waals surface area contributed by atoms with Gasteiger partial charge in [-0.1, -0.05) is 60.1 Å². The zero-order chi connectivity index (χ0) is 24.2. The van der Waals surface area contributed by atoms with Gasteiger partial charge in [0.1, 0.15) is 5.78 Å². The molecule has 5 aliphatic rings. The number of carbonyl (C=O) groups is 2. The van der Waals surface area contributed by atoms with Gasteiger partial charge in [-0.2, -0.15) is 0 Å². The molecule has 5 aliphatic carbocycles. The smallest absolute Gasteiger partial charge is 0.310 e. The van der Waals surface area contributed by atoms with E-state index in [1.54, 1.807) is 0 Å². The van der Waals surface area contributed by atoms with E-state index in [0.29, 0.717) is 29.5 Å². The number of carboxylic acid groups (broad SMARTS) is 1. The fourth-order valence-corrected chi connectivity index (χ4v) is 10.7. The Bertz CT molecular complexity index is 916. The normalized spacial score (nSPS) is 53.1. The van der Waals surface area contributed by atoms with Crippen LogP contribution in [-0.4, -0.2) is 16.9 Å². The molecule has 0 radical (unpaired) electrons. The molecule has 4 saturated carbocycles. The fourth-order valence-electron chi connectivity index (χ4n) is 10.7. The highest BCUT2D eigenvalue weighted by Gasteiger charge is 2.69. The molecule has 1 N–H and O–H groups in total. The number of carboxylic acids is 1. The van der Waals surface area contributed by atoms with E-state index in [4.69, 9.17) is 0 Å². The van der Waals surface area contributed by atoms with Crippen molar-refractivity contribution in [2.45, 2.75) is 106 Å². The van der Waals surface area contributed by atoms with E-state index < -0.39 is 11.4 Å². The first-order valence-corrected chi connectivity index (χ1v) is 13.7. The lowest BCUT2D eigenvalue weighted by molar-refractivity contribution is -0.190. The number of hydrogen-bond donors (Lipinski definition) is 1. The van der Waals surface area contributed by atoms with Crippen LogP contribution in [0.5, 0.6) is 0 Å². The molecule has 3 heteroatoms. The van der Waals surface area contributed by atoms with Crippen molar-refractivity contribution < 1.29 is 14.7 Å². The second-order valence-corrected chi connectivity index (χ2v) is 14.3. The average molecular weight is 455 g/mol. The summed E-state index contributed by atoms with van der Waals surface area (Å²) < 4.78 is 0. The third-order valence-electron chi connectivity index (χ3n) is 13.2. The second-order valence-electron chi connectivity index (χ2n) is 14.3. The van der Waals surface area contributed by atoms with Crippen LogP contribution in [0.15, 0.2) is 11.6 Å². The summed E-state index contributed by atoms with van der Waals surface area (Å²) in [6.45, 7) is 16.7. The molecule has 0 aliphatic heterocycles. The van der Waals surface area contributed by atoms with Gasteiger partial charge in [0.25, 0.3) is 0 Å². The molecule has 33 heavy (non-hydrogen) atoms. The lowest BCUT2D eigenvalue weighted by Crippen LogP contribution is -2.65. The van der Waals surface area contributed by atoms with Crippen LogP contribution in [0.2, 0.25) is 0 Å². The number of fused-ring (bicyclic) bond motifs is 7. The predicted molar refractivity (Wildman–Crippen MR) is 132 cm³/mol. The Morgan fingerprint density at radius 1 is 0.939 bits per heavy atom. The van der Waals surface area contributed by atoms with Crippen LogP contribution in [0, 0.1) is 56.7 Å². The molecule has 4 fully saturated rings. The van der Waals surface area contributed by atoms with Crippen molar-refractivity contribution in [3.8, 4) is 0 Å². The number of hydrogen-bond acceptors (Lipinski definition) is 2. The predicted octanol–water partition coefficient (Wildman–Crippen LogP) is 7.30. The Kier molecular flexibility index (Phi) is 4.99. The summed E-state index contributed by atoms with van der Waals surface area (Å²) in [4.78, 5) is 25.7. The summed E-state index contributed by atoms with van der Waals surface area (Å²) in [5.74, 6) is 2.10. The first-order valence-electron chi connectivity index (χ1n) is 13.7. The van der Waals surface area contributed by atoms with Gasteiger partial charge in [-0.25, -0.2) is 0 Å². The third kappa shape index (κ3) is 2.69. The monoisotopic (exact) mass is 454 g/mol. The molecule has 0 aromatic heterocycles. The van der Waals surface area contributed by atoms with Crippen LogP contribution in [0.4, 0.5) is 0 Å². The molecule has 0 spiro atoms. The molecule has 0 unspecified atom stereocenters. The van der Waals surface area contributed by atoms with E-state index in [2.05, 4.69) is 54.5 Å². The molecule has 0 amide bonds. The molecule has 184 valence electrons. The Balaban J connectivity index is 1.62. The SMILES string of the molecule is C[C@H]1[C@H](C)CC[C@]2(C(=O)O)CC[C@]3(C)C(=CC[C@@H]4[C@@]5(C)CCC(=O)C(C)(C)[C@H]5CC[C@]43C)[C@H]12. The minimum Gasteiger partial charge on any atom is -0.481 e. The van der Waals surface area contributed by atoms with Gasteiger partial charge in [0.2, 0.25) is 0 Å². The van der Waals surface area contributed by atoms with Gasteiger partial charge < -0.3 is 5.11 Å². The highest BCUT2D eigenvalue weighted by atomic mass is 16.4. The molecule has 0 aromatic rings. The number of allylic oxidation sites excluding steroid dienone is 2. The van der Waals surface area contributed by atoms with Crippen molar-refractivity contribution in [1.82, 2.24) is 0 Å². The Morgan fingerprint density at radius 3 is 2.30 bits per heavy atom. The topological polar surface area (TPSA) is 54.4 Å². The van der Waals surface area contributed by atoms with Crippen LogP contribution >= 0.6 is 0 Å². The van der Waals surface area contributed by atoms with Crippen LogP contribution in [-0.2, 0) is 9.59 Å². The molecule has 0 heterocycles. The van der Waals surface area contributed by atoms with Crippen LogP contribution in [0.3, 0.4) is 0 Å². The van der Waals surface area contributed by atoms with E-state index in [9.17, 15) is 14.7 Å². The molecule has 0 bridgehead atoms. The summed E-state index contributed by atoms with van der Waals surface area (Å²) >= 11 is 0. The summed E-state index contributed by atoms with van der Waals surface area (Å²) in [5, 5.41) is 10.5. The van der Waals surface area contributed by atoms with Gasteiger partial charge in [0, 0.05) is 11.8 Å². The molecular formula is C30H46O3. The second kappa shape index (κ2) is 6.97.